The van der Waals surface area contributed by atoms with E-state index in [1.165, 1.54) is 0 Å². The maximum Gasteiger partial charge on any atom is 0.257 e. The molecule has 0 radical (unpaired) electrons. The van der Waals surface area contributed by atoms with Crippen molar-refractivity contribution in [3.8, 4) is 0 Å². The first-order chi connectivity index (χ1) is 8.22. The van der Waals surface area contributed by atoms with E-state index in [4.69, 9.17) is 0 Å². The zero-order valence-electron chi connectivity index (χ0n) is 10.9. The summed E-state index contributed by atoms with van der Waals surface area (Å²) in [6, 6.07) is 0. The van der Waals surface area contributed by atoms with E-state index in [1.807, 2.05) is 18.9 Å². The molecule has 1 aromatic rings. The molecule has 2 heterocycles. The van der Waals surface area contributed by atoms with Crippen LogP contribution in [0, 0.1) is 12.8 Å². The average molecular weight is 273 g/mol. The predicted molar refractivity (Wildman–Crippen MR) is 73.1 cm³/mol. The van der Waals surface area contributed by atoms with Crippen LogP contribution < -0.4 is 5.32 Å². The molecule has 0 atom stereocenters. The third-order valence-electron chi connectivity index (χ3n) is 3.45. The first-order valence-corrected chi connectivity index (χ1v) is 6.16. The molecular formula is C12H21ClN4O. The van der Waals surface area contributed by atoms with E-state index >= 15 is 0 Å². The standard InChI is InChI=1S/C12H20N4O.ClH/c1-9-11(8-14-15-9)12(17)16-5-3-10(4-6-16)7-13-2;/h8,10,13H,3-7H2,1-2H3,(H,14,15);1H. The van der Waals surface area contributed by atoms with Crippen LogP contribution in [0.25, 0.3) is 0 Å². The summed E-state index contributed by atoms with van der Waals surface area (Å²) < 4.78 is 0. The van der Waals surface area contributed by atoms with Crippen molar-refractivity contribution in [2.45, 2.75) is 19.8 Å². The fourth-order valence-electron chi connectivity index (χ4n) is 2.37. The van der Waals surface area contributed by atoms with E-state index < -0.39 is 0 Å². The smallest absolute Gasteiger partial charge is 0.257 e. The highest BCUT2D eigenvalue weighted by atomic mass is 35.5. The molecule has 0 bridgehead atoms. The second-order valence-corrected chi connectivity index (χ2v) is 4.70. The Morgan fingerprint density at radius 1 is 1.56 bits per heavy atom. The number of piperidine rings is 1. The Balaban J connectivity index is 0.00000162. The molecule has 1 fully saturated rings. The molecule has 5 nitrogen and oxygen atoms in total. The largest absolute Gasteiger partial charge is 0.339 e. The molecule has 102 valence electrons. The van der Waals surface area contributed by atoms with Gasteiger partial charge in [-0.3, -0.25) is 9.89 Å². The summed E-state index contributed by atoms with van der Waals surface area (Å²) in [6.45, 7) is 4.65. The van der Waals surface area contributed by atoms with Gasteiger partial charge in [0.25, 0.3) is 5.91 Å². The number of carbonyl (C=O) groups excluding carboxylic acids is 1. The lowest BCUT2D eigenvalue weighted by molar-refractivity contribution is 0.0690. The van der Waals surface area contributed by atoms with Crippen molar-refractivity contribution in [1.82, 2.24) is 20.4 Å². The molecule has 2 rings (SSSR count). The van der Waals surface area contributed by atoms with Crippen LogP contribution in [0.15, 0.2) is 6.20 Å². The van der Waals surface area contributed by atoms with Crippen LogP contribution in [0.1, 0.15) is 28.9 Å². The lowest BCUT2D eigenvalue weighted by Crippen LogP contribution is -2.40. The van der Waals surface area contributed by atoms with Gasteiger partial charge in [-0.05, 0) is 39.3 Å². The van der Waals surface area contributed by atoms with Gasteiger partial charge >= 0.3 is 0 Å². The van der Waals surface area contributed by atoms with Crippen LogP contribution in [0.2, 0.25) is 0 Å². The van der Waals surface area contributed by atoms with Crippen LogP contribution >= 0.6 is 12.4 Å². The molecule has 1 aliphatic heterocycles. The highest BCUT2D eigenvalue weighted by molar-refractivity contribution is 5.95. The molecule has 1 saturated heterocycles. The van der Waals surface area contributed by atoms with E-state index in [0.29, 0.717) is 11.5 Å². The van der Waals surface area contributed by atoms with Crippen molar-refractivity contribution >= 4 is 18.3 Å². The molecule has 6 heteroatoms. The van der Waals surface area contributed by atoms with Gasteiger partial charge in [-0.15, -0.1) is 12.4 Å². The van der Waals surface area contributed by atoms with Gasteiger partial charge in [-0.2, -0.15) is 5.10 Å². The third kappa shape index (κ3) is 3.23. The number of aromatic amines is 1. The van der Waals surface area contributed by atoms with Gasteiger partial charge < -0.3 is 10.2 Å². The number of aromatic nitrogens is 2. The average Bonchev–Trinajstić information content (AvgIpc) is 2.76. The highest BCUT2D eigenvalue weighted by Gasteiger charge is 2.24. The lowest BCUT2D eigenvalue weighted by Gasteiger charge is -2.31. The summed E-state index contributed by atoms with van der Waals surface area (Å²) in [5.41, 5.74) is 1.56. The van der Waals surface area contributed by atoms with Gasteiger partial charge in [0.15, 0.2) is 0 Å². The molecule has 0 spiro atoms. The number of H-pyrrole nitrogens is 1. The summed E-state index contributed by atoms with van der Waals surface area (Å²) in [5, 5.41) is 9.91. The van der Waals surface area contributed by atoms with E-state index in [0.717, 1.165) is 38.2 Å². The Kier molecular flexibility index (Phi) is 5.62. The number of nitrogens with one attached hydrogen (secondary N) is 2. The number of hydrogen-bond acceptors (Lipinski definition) is 3. The molecule has 1 aliphatic rings. The van der Waals surface area contributed by atoms with Crippen LogP contribution in [0.3, 0.4) is 0 Å². The quantitative estimate of drug-likeness (QED) is 0.870. The van der Waals surface area contributed by atoms with Crippen LogP contribution in [0.5, 0.6) is 0 Å². The summed E-state index contributed by atoms with van der Waals surface area (Å²) in [7, 11) is 1.98. The second-order valence-electron chi connectivity index (χ2n) is 4.70. The number of amides is 1. The van der Waals surface area contributed by atoms with E-state index in [-0.39, 0.29) is 18.3 Å². The topological polar surface area (TPSA) is 61.0 Å². The molecule has 1 aromatic heterocycles. The minimum Gasteiger partial charge on any atom is -0.339 e. The molecule has 2 N–H and O–H groups in total. The van der Waals surface area contributed by atoms with Crippen LogP contribution in [-0.4, -0.2) is 47.7 Å². The van der Waals surface area contributed by atoms with Gasteiger partial charge in [0.05, 0.1) is 11.8 Å². The normalized spacial score (nSPS) is 16.4. The maximum atomic E-state index is 12.2. The van der Waals surface area contributed by atoms with Gasteiger partial charge in [-0.1, -0.05) is 0 Å². The van der Waals surface area contributed by atoms with Gasteiger partial charge in [0.1, 0.15) is 0 Å². The van der Waals surface area contributed by atoms with Crippen molar-refractivity contribution in [1.29, 1.82) is 0 Å². The molecule has 0 aliphatic carbocycles. The zero-order chi connectivity index (χ0) is 12.3. The van der Waals surface area contributed by atoms with Gasteiger partial charge in [-0.25, -0.2) is 0 Å². The number of hydrogen-bond donors (Lipinski definition) is 2. The fraction of sp³-hybridized carbons (Fsp3) is 0.667. The van der Waals surface area contributed by atoms with Crippen molar-refractivity contribution in [2.24, 2.45) is 5.92 Å². The number of halogens is 1. The minimum atomic E-state index is 0. The summed E-state index contributed by atoms with van der Waals surface area (Å²) in [6.07, 6.45) is 3.80. The van der Waals surface area contributed by atoms with E-state index in [1.54, 1.807) is 6.20 Å². The predicted octanol–water partition coefficient (Wildman–Crippen LogP) is 1.21. The Morgan fingerprint density at radius 3 is 2.72 bits per heavy atom. The van der Waals surface area contributed by atoms with Crippen molar-refractivity contribution < 1.29 is 4.79 Å². The lowest BCUT2D eigenvalue weighted by atomic mass is 9.96. The molecule has 0 saturated carbocycles. The Morgan fingerprint density at radius 2 is 2.22 bits per heavy atom. The van der Waals surface area contributed by atoms with Crippen molar-refractivity contribution in [3.05, 3.63) is 17.5 Å². The van der Waals surface area contributed by atoms with Crippen molar-refractivity contribution in [3.63, 3.8) is 0 Å². The number of rotatable bonds is 3. The summed E-state index contributed by atoms with van der Waals surface area (Å²) in [4.78, 5) is 14.1. The van der Waals surface area contributed by atoms with Gasteiger partial charge in [0.2, 0.25) is 0 Å². The molecule has 18 heavy (non-hydrogen) atoms. The van der Waals surface area contributed by atoms with Gasteiger partial charge in [0, 0.05) is 18.8 Å². The fourth-order valence-corrected chi connectivity index (χ4v) is 2.37. The van der Waals surface area contributed by atoms with Crippen LogP contribution in [-0.2, 0) is 0 Å². The SMILES string of the molecule is CNCC1CCN(C(=O)c2cn[nH]c2C)CC1.Cl. The minimum absolute atomic E-state index is 0. The van der Waals surface area contributed by atoms with Crippen LogP contribution in [0.4, 0.5) is 0 Å². The Hall–Kier alpha value is -1.07. The highest BCUT2D eigenvalue weighted by Crippen LogP contribution is 2.18. The maximum absolute atomic E-state index is 12.2. The molecule has 1 amide bonds. The summed E-state index contributed by atoms with van der Waals surface area (Å²) in [5.74, 6) is 0.814. The zero-order valence-corrected chi connectivity index (χ0v) is 11.7. The third-order valence-corrected chi connectivity index (χ3v) is 3.45. The number of likely N-dealkylation sites (tertiary alicyclic amines) is 1. The molecule has 0 aromatic carbocycles. The second kappa shape index (κ2) is 6.75. The molecule has 0 unspecified atom stereocenters. The Bertz CT molecular complexity index is 385. The first kappa shape index (κ1) is 15.0. The Labute approximate surface area is 114 Å². The monoisotopic (exact) mass is 272 g/mol. The number of aryl methyl sites for hydroxylation is 1. The number of nitrogens with zero attached hydrogens (tertiary/aromatic N) is 2. The summed E-state index contributed by atoms with van der Waals surface area (Å²) >= 11 is 0. The molecular weight excluding hydrogens is 252 g/mol. The van der Waals surface area contributed by atoms with E-state index in [9.17, 15) is 4.79 Å². The first-order valence-electron chi connectivity index (χ1n) is 6.16. The number of carbonyl (C=O) groups is 1. The van der Waals surface area contributed by atoms with E-state index in [2.05, 4.69) is 15.5 Å². The van der Waals surface area contributed by atoms with Crippen molar-refractivity contribution in [2.75, 3.05) is 26.7 Å².